The van der Waals surface area contributed by atoms with Crippen molar-refractivity contribution in [3.05, 3.63) is 34.4 Å². The predicted molar refractivity (Wildman–Crippen MR) is 92.8 cm³/mol. The zero-order valence-electron chi connectivity index (χ0n) is 13.0. The Morgan fingerprint density at radius 2 is 2.29 bits per heavy atom. The number of rotatable bonds is 5. The molecule has 0 saturated carbocycles. The quantitative estimate of drug-likeness (QED) is 0.726. The first-order chi connectivity index (χ1) is 11.5. The minimum atomic E-state index is -1.04. The summed E-state index contributed by atoms with van der Waals surface area (Å²) >= 11 is 3.42. The van der Waals surface area contributed by atoms with Crippen LogP contribution in [0.25, 0.3) is 10.9 Å². The molecule has 1 aromatic carbocycles. The van der Waals surface area contributed by atoms with Gasteiger partial charge in [0, 0.05) is 34.6 Å². The van der Waals surface area contributed by atoms with Gasteiger partial charge in [0.2, 0.25) is 5.91 Å². The second-order valence-corrected chi connectivity index (χ2v) is 6.94. The van der Waals surface area contributed by atoms with Gasteiger partial charge in [-0.15, -0.1) is 0 Å². The number of H-pyrrole nitrogens is 1. The summed E-state index contributed by atoms with van der Waals surface area (Å²) in [7, 11) is 0. The number of nitrogens with one attached hydrogen (secondary N) is 2. The van der Waals surface area contributed by atoms with Gasteiger partial charge in [-0.1, -0.05) is 15.9 Å². The number of amides is 1. The third-order valence-corrected chi connectivity index (χ3v) is 4.79. The van der Waals surface area contributed by atoms with E-state index in [1.54, 1.807) is 6.20 Å². The van der Waals surface area contributed by atoms with Gasteiger partial charge < -0.3 is 20.1 Å². The van der Waals surface area contributed by atoms with Crippen molar-refractivity contribution >= 4 is 38.7 Å². The van der Waals surface area contributed by atoms with E-state index in [1.807, 2.05) is 18.2 Å². The molecule has 1 aromatic heterocycles. The molecule has 1 amide bonds. The zero-order chi connectivity index (χ0) is 17.1. The lowest BCUT2D eigenvalue weighted by Crippen LogP contribution is -2.46. The van der Waals surface area contributed by atoms with Crippen molar-refractivity contribution < 1.29 is 19.4 Å². The lowest BCUT2D eigenvalue weighted by molar-refractivity contribution is -0.143. The monoisotopic (exact) mass is 394 g/mol. The highest BCUT2D eigenvalue weighted by molar-refractivity contribution is 9.10. The van der Waals surface area contributed by atoms with E-state index in [2.05, 4.69) is 26.2 Å². The van der Waals surface area contributed by atoms with Crippen LogP contribution in [0.3, 0.4) is 0 Å². The topological polar surface area (TPSA) is 91.4 Å². The lowest BCUT2D eigenvalue weighted by atomic mass is 9.99. The van der Waals surface area contributed by atoms with E-state index < -0.39 is 12.0 Å². The highest BCUT2D eigenvalue weighted by Gasteiger charge is 2.27. The number of fused-ring (bicyclic) bond motifs is 1. The van der Waals surface area contributed by atoms with Crippen LogP contribution >= 0.6 is 15.9 Å². The highest BCUT2D eigenvalue weighted by atomic mass is 79.9. The average Bonchev–Trinajstić information content (AvgIpc) is 2.97. The van der Waals surface area contributed by atoms with Gasteiger partial charge in [-0.05, 0) is 36.6 Å². The van der Waals surface area contributed by atoms with Crippen LogP contribution in [-0.2, 0) is 20.7 Å². The molecule has 7 heteroatoms. The molecule has 1 saturated heterocycles. The second-order valence-electron chi connectivity index (χ2n) is 6.02. The minimum Gasteiger partial charge on any atom is -0.480 e. The van der Waals surface area contributed by atoms with E-state index in [0.717, 1.165) is 33.8 Å². The summed E-state index contributed by atoms with van der Waals surface area (Å²) in [6.07, 6.45) is 3.58. The molecule has 2 aromatic rings. The summed E-state index contributed by atoms with van der Waals surface area (Å²) in [5.74, 6) is -1.55. The normalized spacial score (nSPS) is 19.1. The number of carboxylic acids is 1. The molecule has 128 valence electrons. The largest absolute Gasteiger partial charge is 0.480 e. The number of aliphatic carboxylic acids is 1. The Morgan fingerprint density at radius 1 is 1.46 bits per heavy atom. The number of benzene rings is 1. The number of halogens is 1. The standard InChI is InChI=1S/C17H19BrN2O4/c18-12-3-4-14-13(7-12)11(8-19-14)6-15(17(22)23)20-16(21)10-2-1-5-24-9-10/h3-4,7-8,10,15,19H,1-2,5-6,9H2,(H,20,21)(H,22,23)/t10-,15+/m1/s1. The van der Waals surface area contributed by atoms with Gasteiger partial charge in [0.1, 0.15) is 6.04 Å². The molecule has 2 atom stereocenters. The number of carbonyl (C=O) groups excluding carboxylic acids is 1. The summed E-state index contributed by atoms with van der Waals surface area (Å²) in [5.41, 5.74) is 1.79. The van der Waals surface area contributed by atoms with Crippen LogP contribution < -0.4 is 5.32 Å². The zero-order valence-corrected chi connectivity index (χ0v) is 14.6. The van der Waals surface area contributed by atoms with Crippen molar-refractivity contribution in [3.8, 4) is 0 Å². The van der Waals surface area contributed by atoms with E-state index in [1.165, 1.54) is 0 Å². The summed E-state index contributed by atoms with van der Waals surface area (Å²) in [6.45, 7) is 1.02. The number of hydrogen-bond donors (Lipinski definition) is 3. The van der Waals surface area contributed by atoms with Crippen molar-refractivity contribution in [2.24, 2.45) is 5.92 Å². The average molecular weight is 395 g/mol. The van der Waals surface area contributed by atoms with Crippen molar-refractivity contribution in [1.29, 1.82) is 0 Å². The fraction of sp³-hybridized carbons (Fsp3) is 0.412. The Labute approximate surface area is 147 Å². The van der Waals surface area contributed by atoms with Gasteiger partial charge in [0.05, 0.1) is 12.5 Å². The highest BCUT2D eigenvalue weighted by Crippen LogP contribution is 2.24. The third kappa shape index (κ3) is 3.79. The van der Waals surface area contributed by atoms with E-state index in [-0.39, 0.29) is 18.2 Å². The predicted octanol–water partition coefficient (Wildman–Crippen LogP) is 2.47. The molecule has 3 rings (SSSR count). The molecule has 0 radical (unpaired) electrons. The molecule has 0 spiro atoms. The number of carbonyl (C=O) groups is 2. The third-order valence-electron chi connectivity index (χ3n) is 4.30. The first-order valence-corrected chi connectivity index (χ1v) is 8.70. The molecule has 0 bridgehead atoms. The maximum Gasteiger partial charge on any atom is 0.326 e. The van der Waals surface area contributed by atoms with Crippen LogP contribution in [0.4, 0.5) is 0 Å². The first-order valence-electron chi connectivity index (χ1n) is 7.91. The fourth-order valence-corrected chi connectivity index (χ4v) is 3.34. The van der Waals surface area contributed by atoms with Crippen molar-refractivity contribution in [3.63, 3.8) is 0 Å². The van der Waals surface area contributed by atoms with Gasteiger partial charge in [0.15, 0.2) is 0 Å². The molecule has 0 unspecified atom stereocenters. The van der Waals surface area contributed by atoms with Crippen molar-refractivity contribution in [2.45, 2.75) is 25.3 Å². The minimum absolute atomic E-state index is 0.227. The molecule has 1 aliphatic rings. The van der Waals surface area contributed by atoms with E-state index >= 15 is 0 Å². The van der Waals surface area contributed by atoms with Gasteiger partial charge in [0.25, 0.3) is 0 Å². The van der Waals surface area contributed by atoms with E-state index in [9.17, 15) is 14.7 Å². The SMILES string of the molecule is O=C(N[C@@H](Cc1c[nH]c2ccc(Br)cc12)C(=O)O)[C@@H]1CCCOC1. The molecule has 24 heavy (non-hydrogen) atoms. The Morgan fingerprint density at radius 3 is 3.00 bits per heavy atom. The molecule has 2 heterocycles. The number of carboxylic acid groups (broad SMARTS) is 1. The molecular formula is C17H19BrN2O4. The number of hydrogen-bond acceptors (Lipinski definition) is 3. The maximum absolute atomic E-state index is 12.3. The molecule has 1 fully saturated rings. The summed E-state index contributed by atoms with van der Waals surface area (Å²) < 4.78 is 6.23. The summed E-state index contributed by atoms with van der Waals surface area (Å²) in [4.78, 5) is 27.0. The summed E-state index contributed by atoms with van der Waals surface area (Å²) in [5, 5.41) is 13.1. The molecule has 3 N–H and O–H groups in total. The Hall–Kier alpha value is -1.86. The Bertz CT molecular complexity index is 752. The van der Waals surface area contributed by atoms with Gasteiger partial charge in [-0.3, -0.25) is 4.79 Å². The van der Waals surface area contributed by atoms with Gasteiger partial charge >= 0.3 is 5.97 Å². The Kier molecular flexibility index (Phi) is 5.20. The van der Waals surface area contributed by atoms with Crippen LogP contribution in [0.2, 0.25) is 0 Å². The molecule has 1 aliphatic heterocycles. The number of ether oxygens (including phenoxy) is 1. The fourth-order valence-electron chi connectivity index (χ4n) is 2.98. The second kappa shape index (κ2) is 7.36. The van der Waals surface area contributed by atoms with Gasteiger partial charge in [-0.25, -0.2) is 4.79 Å². The maximum atomic E-state index is 12.3. The first kappa shape index (κ1) is 17.0. The van der Waals surface area contributed by atoms with Crippen LogP contribution in [-0.4, -0.2) is 41.2 Å². The molecule has 6 nitrogen and oxygen atoms in total. The number of aromatic amines is 1. The van der Waals surface area contributed by atoms with Crippen LogP contribution in [0.15, 0.2) is 28.9 Å². The van der Waals surface area contributed by atoms with Crippen molar-refractivity contribution in [1.82, 2.24) is 10.3 Å². The van der Waals surface area contributed by atoms with Crippen LogP contribution in [0, 0.1) is 5.92 Å². The number of aromatic nitrogens is 1. The van der Waals surface area contributed by atoms with Crippen molar-refractivity contribution in [2.75, 3.05) is 13.2 Å². The Balaban J connectivity index is 1.74. The molecule has 0 aliphatic carbocycles. The lowest BCUT2D eigenvalue weighted by Gasteiger charge is -2.23. The smallest absolute Gasteiger partial charge is 0.326 e. The van der Waals surface area contributed by atoms with E-state index in [4.69, 9.17) is 4.74 Å². The summed E-state index contributed by atoms with van der Waals surface area (Å²) in [6, 6.07) is 4.83. The van der Waals surface area contributed by atoms with Crippen LogP contribution in [0.5, 0.6) is 0 Å². The van der Waals surface area contributed by atoms with E-state index in [0.29, 0.717) is 13.2 Å². The van der Waals surface area contributed by atoms with Gasteiger partial charge in [-0.2, -0.15) is 0 Å². The molecular weight excluding hydrogens is 376 g/mol. The van der Waals surface area contributed by atoms with Crippen LogP contribution in [0.1, 0.15) is 18.4 Å².